The Bertz CT molecular complexity index is 3100. The molecule has 0 aliphatic carbocycles. The zero-order valence-electron chi connectivity index (χ0n) is 28.3. The highest BCUT2D eigenvalue weighted by atomic mass is 32.1. The minimum absolute atomic E-state index is 0.623. The predicted molar refractivity (Wildman–Crippen MR) is 218 cm³/mol. The quantitative estimate of drug-likeness (QED) is 0.180. The summed E-state index contributed by atoms with van der Waals surface area (Å²) in [6, 6.07) is 59.1. The highest BCUT2D eigenvalue weighted by Crippen LogP contribution is 2.41. The van der Waals surface area contributed by atoms with Crippen LogP contribution < -0.4 is 0 Å². The summed E-state index contributed by atoms with van der Waals surface area (Å²) >= 11 is 1.86. The molecule has 0 fully saturated rings. The summed E-state index contributed by atoms with van der Waals surface area (Å²) in [6.45, 7) is 0. The van der Waals surface area contributed by atoms with Crippen molar-refractivity contribution in [3.63, 3.8) is 0 Å². The maximum Gasteiger partial charge on any atom is 0.220 e. The molecule has 6 nitrogen and oxygen atoms in total. The topological polar surface area (TPSA) is 60.9 Å². The summed E-state index contributed by atoms with van der Waals surface area (Å²) in [7, 11) is 0. The number of fused-ring (bicyclic) bond motifs is 8. The average Bonchev–Trinajstić information content (AvgIpc) is 3.90. The largest absolute Gasteiger partial charge is 0.278 e. The van der Waals surface area contributed by atoms with Crippen molar-refractivity contribution in [2.45, 2.75) is 0 Å². The number of hydrogen-bond donors (Lipinski definition) is 0. The molecule has 0 saturated heterocycles. The Morgan fingerprint density at radius 1 is 0.415 bits per heavy atom. The Kier molecular flexibility index (Phi) is 6.62. The van der Waals surface area contributed by atoms with E-state index in [0.717, 1.165) is 50.2 Å². The summed E-state index contributed by atoms with van der Waals surface area (Å²) in [5.41, 5.74) is 10.4. The zero-order valence-corrected chi connectivity index (χ0v) is 29.1. The molecule has 0 radical (unpaired) electrons. The van der Waals surface area contributed by atoms with E-state index < -0.39 is 0 Å². The van der Waals surface area contributed by atoms with Crippen molar-refractivity contribution in [2.24, 2.45) is 0 Å². The van der Waals surface area contributed by atoms with Gasteiger partial charge in [0.1, 0.15) is 0 Å². The molecule has 0 atom stereocenters. The SMILES string of the molecule is c1ccc(-c2nc(-c3ccccc3)nc(-c3ccc(-n4c5ccc(-c6cccc7c6sc6ccccc67)cc5n5c6ccccc6nc45)cc3)n2)cc1. The van der Waals surface area contributed by atoms with Crippen LogP contribution in [0.1, 0.15) is 0 Å². The second kappa shape index (κ2) is 11.8. The lowest BCUT2D eigenvalue weighted by Crippen LogP contribution is -2.00. The van der Waals surface area contributed by atoms with E-state index in [1.165, 1.54) is 31.3 Å². The number of thiophene rings is 1. The minimum atomic E-state index is 0.623. The van der Waals surface area contributed by atoms with E-state index >= 15 is 0 Å². The first-order valence-electron chi connectivity index (χ1n) is 17.6. The van der Waals surface area contributed by atoms with Gasteiger partial charge in [0.2, 0.25) is 5.78 Å². The van der Waals surface area contributed by atoms with Crippen molar-refractivity contribution < 1.29 is 0 Å². The zero-order chi connectivity index (χ0) is 34.9. The molecule has 0 N–H and O–H groups in total. The fraction of sp³-hybridized carbons (Fsp3) is 0. The molecule has 0 spiro atoms. The smallest absolute Gasteiger partial charge is 0.220 e. The molecule has 4 heterocycles. The Morgan fingerprint density at radius 2 is 1.02 bits per heavy atom. The monoisotopic (exact) mass is 696 g/mol. The van der Waals surface area contributed by atoms with Gasteiger partial charge in [-0.2, -0.15) is 0 Å². The van der Waals surface area contributed by atoms with Gasteiger partial charge in [0.05, 0.1) is 22.1 Å². The Labute approximate surface area is 307 Å². The molecule has 11 aromatic rings. The summed E-state index contributed by atoms with van der Waals surface area (Å²) in [6.07, 6.45) is 0. The molecule has 53 heavy (non-hydrogen) atoms. The van der Waals surface area contributed by atoms with Crippen LogP contribution in [-0.2, 0) is 0 Å². The molecule has 0 saturated carbocycles. The Morgan fingerprint density at radius 3 is 1.75 bits per heavy atom. The minimum Gasteiger partial charge on any atom is -0.278 e. The number of benzene rings is 7. The number of para-hydroxylation sites is 2. The van der Waals surface area contributed by atoms with Gasteiger partial charge in [-0.1, -0.05) is 115 Å². The van der Waals surface area contributed by atoms with Gasteiger partial charge in [-0.15, -0.1) is 11.3 Å². The lowest BCUT2D eigenvalue weighted by Gasteiger charge is -2.10. The van der Waals surface area contributed by atoms with E-state index in [0.29, 0.717) is 17.5 Å². The average molecular weight is 697 g/mol. The van der Waals surface area contributed by atoms with Gasteiger partial charge in [-0.3, -0.25) is 8.97 Å². The van der Waals surface area contributed by atoms with Gasteiger partial charge < -0.3 is 0 Å². The van der Waals surface area contributed by atoms with E-state index in [1.54, 1.807) is 0 Å². The second-order valence-electron chi connectivity index (χ2n) is 13.1. The van der Waals surface area contributed by atoms with Gasteiger partial charge in [0.15, 0.2) is 17.5 Å². The lowest BCUT2D eigenvalue weighted by atomic mass is 10.0. The number of nitrogens with zero attached hydrogens (tertiary/aromatic N) is 6. The van der Waals surface area contributed by atoms with E-state index in [4.69, 9.17) is 19.9 Å². The van der Waals surface area contributed by atoms with Crippen LogP contribution in [0.3, 0.4) is 0 Å². The maximum absolute atomic E-state index is 5.18. The number of hydrogen-bond acceptors (Lipinski definition) is 5. The van der Waals surface area contributed by atoms with Crippen LogP contribution in [0.5, 0.6) is 0 Å². The first-order chi connectivity index (χ1) is 26.3. The van der Waals surface area contributed by atoms with E-state index in [-0.39, 0.29) is 0 Å². The summed E-state index contributed by atoms with van der Waals surface area (Å²) in [4.78, 5) is 19.9. The third kappa shape index (κ3) is 4.79. The van der Waals surface area contributed by atoms with Crippen LogP contribution in [0, 0.1) is 0 Å². The molecular formula is C46H28N6S. The van der Waals surface area contributed by atoms with Crippen molar-refractivity contribution in [3.8, 4) is 51.0 Å². The molecule has 7 heteroatoms. The van der Waals surface area contributed by atoms with Gasteiger partial charge in [-0.05, 0) is 65.7 Å². The van der Waals surface area contributed by atoms with E-state index in [1.807, 2.05) is 78.1 Å². The fourth-order valence-electron chi connectivity index (χ4n) is 7.49. The maximum atomic E-state index is 5.18. The van der Waals surface area contributed by atoms with Crippen molar-refractivity contribution in [1.29, 1.82) is 0 Å². The first-order valence-corrected chi connectivity index (χ1v) is 18.4. The number of rotatable bonds is 5. The molecule has 0 unspecified atom stereocenters. The van der Waals surface area contributed by atoms with Crippen molar-refractivity contribution >= 4 is 59.4 Å². The summed E-state index contributed by atoms with van der Waals surface area (Å²) in [5.74, 6) is 2.77. The van der Waals surface area contributed by atoms with Crippen LogP contribution in [0.15, 0.2) is 170 Å². The molecule has 0 aliphatic rings. The molecule has 7 aromatic carbocycles. The van der Waals surface area contributed by atoms with Gasteiger partial charge in [0, 0.05) is 42.6 Å². The van der Waals surface area contributed by atoms with Crippen molar-refractivity contribution in [1.82, 2.24) is 28.9 Å². The Hall–Kier alpha value is -6.96. The third-order valence-corrected chi connectivity index (χ3v) is 11.2. The van der Waals surface area contributed by atoms with Gasteiger partial charge >= 0.3 is 0 Å². The van der Waals surface area contributed by atoms with Gasteiger partial charge in [-0.25, -0.2) is 19.9 Å². The van der Waals surface area contributed by atoms with Crippen LogP contribution in [0.2, 0.25) is 0 Å². The van der Waals surface area contributed by atoms with E-state index in [9.17, 15) is 0 Å². The van der Waals surface area contributed by atoms with Gasteiger partial charge in [0.25, 0.3) is 0 Å². The van der Waals surface area contributed by atoms with Crippen molar-refractivity contribution in [2.75, 3.05) is 0 Å². The molecule has 11 rings (SSSR count). The van der Waals surface area contributed by atoms with Crippen LogP contribution in [0.25, 0.3) is 99.0 Å². The molecule has 0 aliphatic heterocycles. The fourth-order valence-corrected chi connectivity index (χ4v) is 8.73. The molecule has 4 aromatic heterocycles. The highest BCUT2D eigenvalue weighted by Gasteiger charge is 2.20. The summed E-state index contributed by atoms with van der Waals surface area (Å²) < 4.78 is 7.15. The standard InChI is InChI=1S/C46H28N6S/c1-3-12-29(13-4-1)43-48-44(30-14-5-2-6-15-30)50-45(49-43)31-22-25-33(26-23-31)51-39-27-24-32(28-40(39)52-38-20-9-8-19-37(38)47-46(51)52)34-17-11-18-36-35-16-7-10-21-41(35)53-42(34)36/h1-28H. The van der Waals surface area contributed by atoms with Crippen LogP contribution in [-0.4, -0.2) is 28.9 Å². The van der Waals surface area contributed by atoms with Crippen molar-refractivity contribution in [3.05, 3.63) is 170 Å². The first kappa shape index (κ1) is 29.7. The predicted octanol–water partition coefficient (Wildman–Crippen LogP) is 11.7. The number of imidazole rings is 2. The molecular weight excluding hydrogens is 669 g/mol. The number of aromatic nitrogens is 6. The summed E-state index contributed by atoms with van der Waals surface area (Å²) in [5, 5.41) is 2.60. The third-order valence-electron chi connectivity index (χ3n) is 10.00. The van der Waals surface area contributed by atoms with Crippen LogP contribution >= 0.6 is 11.3 Å². The molecule has 0 bridgehead atoms. The highest BCUT2D eigenvalue weighted by molar-refractivity contribution is 7.26. The normalized spacial score (nSPS) is 11.8. The second-order valence-corrected chi connectivity index (χ2v) is 14.2. The molecule has 248 valence electrons. The van der Waals surface area contributed by atoms with Crippen LogP contribution in [0.4, 0.5) is 0 Å². The molecule has 0 amide bonds. The van der Waals surface area contributed by atoms with E-state index in [2.05, 4.69) is 112 Å². The Balaban J connectivity index is 1.07. The lowest BCUT2D eigenvalue weighted by molar-refractivity contribution is 1.07.